The first kappa shape index (κ1) is 24.4. The fraction of sp³-hybridized carbons (Fsp3) is 0.364. The van der Waals surface area contributed by atoms with E-state index in [1.165, 1.54) is 0 Å². The molecule has 2 amide bonds. The van der Waals surface area contributed by atoms with Crippen LogP contribution in [0.4, 0.5) is 26.3 Å². The average Bonchev–Trinajstić information content (AvgIpc) is 3.29. The number of carbonyl (C=O) groups excluding carboxylic acids is 2. The maximum atomic E-state index is 12.9. The molecule has 0 saturated carbocycles. The Labute approximate surface area is 185 Å². The lowest BCUT2D eigenvalue weighted by Crippen LogP contribution is -2.29. The highest BCUT2D eigenvalue weighted by Crippen LogP contribution is 2.38. The smallest absolute Gasteiger partial charge is 0.416 e. The van der Waals surface area contributed by atoms with Crippen LogP contribution in [0.5, 0.6) is 5.75 Å². The van der Waals surface area contributed by atoms with Crippen molar-refractivity contribution in [1.29, 1.82) is 0 Å². The van der Waals surface area contributed by atoms with Crippen molar-refractivity contribution in [3.8, 4) is 5.75 Å². The predicted molar refractivity (Wildman–Crippen MR) is 105 cm³/mol. The molecule has 11 heteroatoms. The molecule has 33 heavy (non-hydrogen) atoms. The van der Waals surface area contributed by atoms with Gasteiger partial charge in [0.25, 0.3) is 11.8 Å². The van der Waals surface area contributed by atoms with Gasteiger partial charge < -0.3 is 15.0 Å². The van der Waals surface area contributed by atoms with Crippen LogP contribution in [-0.2, 0) is 23.7 Å². The number of halogens is 6. The lowest BCUT2D eigenvalue weighted by molar-refractivity contribution is -0.143. The summed E-state index contributed by atoms with van der Waals surface area (Å²) >= 11 is 0. The van der Waals surface area contributed by atoms with Gasteiger partial charge in [-0.1, -0.05) is 12.1 Å². The van der Waals surface area contributed by atoms with Gasteiger partial charge in [0.2, 0.25) is 0 Å². The molecule has 1 aliphatic heterocycles. The molecule has 1 saturated heterocycles. The molecule has 0 unspecified atom stereocenters. The van der Waals surface area contributed by atoms with Gasteiger partial charge in [-0.25, -0.2) is 0 Å². The van der Waals surface area contributed by atoms with Crippen molar-refractivity contribution >= 4 is 11.8 Å². The summed E-state index contributed by atoms with van der Waals surface area (Å²) in [6, 6.07) is 7.32. The summed E-state index contributed by atoms with van der Waals surface area (Å²) in [4.78, 5) is 26.0. The zero-order chi connectivity index (χ0) is 24.2. The van der Waals surface area contributed by atoms with Crippen LogP contribution in [0.25, 0.3) is 0 Å². The Hall–Kier alpha value is -3.24. The Bertz CT molecular complexity index is 964. The van der Waals surface area contributed by atoms with Gasteiger partial charge in [0.15, 0.2) is 6.61 Å². The summed E-state index contributed by atoms with van der Waals surface area (Å²) in [5.74, 6) is -1.54. The second-order valence-electron chi connectivity index (χ2n) is 7.50. The topological polar surface area (TPSA) is 58.6 Å². The SMILES string of the molecule is O=C(COc1cc(C(F)(F)F)cc(C(F)(F)F)c1)NCc1ccc(C(=O)N2CCCC2)cc1. The summed E-state index contributed by atoms with van der Waals surface area (Å²) in [7, 11) is 0. The summed E-state index contributed by atoms with van der Waals surface area (Å²) < 4.78 is 82.2. The third kappa shape index (κ3) is 6.62. The van der Waals surface area contributed by atoms with Crippen molar-refractivity contribution in [3.05, 3.63) is 64.7 Å². The number of hydrogen-bond acceptors (Lipinski definition) is 3. The molecule has 1 fully saturated rings. The minimum absolute atomic E-state index is 0.0228. The van der Waals surface area contributed by atoms with E-state index < -0.39 is 41.7 Å². The molecule has 0 spiro atoms. The maximum Gasteiger partial charge on any atom is 0.416 e. The fourth-order valence-electron chi connectivity index (χ4n) is 3.28. The molecule has 1 N–H and O–H groups in total. The van der Waals surface area contributed by atoms with Crippen molar-refractivity contribution in [2.45, 2.75) is 31.7 Å². The van der Waals surface area contributed by atoms with Crippen LogP contribution in [-0.4, -0.2) is 36.4 Å². The standard InChI is InChI=1S/C22H20F6N2O3/c23-21(24,25)16-9-17(22(26,27)28)11-18(10-16)33-13-19(31)29-12-14-3-5-15(6-4-14)20(32)30-7-1-2-8-30/h3-6,9-11H,1-2,7-8,12-13H2,(H,29,31). The molecule has 0 bridgehead atoms. The molecule has 0 atom stereocenters. The number of rotatable bonds is 6. The van der Waals surface area contributed by atoms with E-state index in [1.54, 1.807) is 29.2 Å². The van der Waals surface area contributed by atoms with Gasteiger partial charge in [-0.15, -0.1) is 0 Å². The van der Waals surface area contributed by atoms with E-state index in [2.05, 4.69) is 5.32 Å². The number of nitrogens with zero attached hydrogens (tertiary/aromatic N) is 1. The number of alkyl halides is 6. The number of nitrogens with one attached hydrogen (secondary N) is 1. The van der Waals surface area contributed by atoms with E-state index in [4.69, 9.17) is 4.74 Å². The lowest BCUT2D eigenvalue weighted by atomic mass is 10.1. The van der Waals surface area contributed by atoms with Gasteiger partial charge in [0.05, 0.1) is 11.1 Å². The third-order valence-electron chi connectivity index (χ3n) is 5.01. The van der Waals surface area contributed by atoms with Gasteiger partial charge in [-0.05, 0) is 48.7 Å². The molecular formula is C22H20F6N2O3. The summed E-state index contributed by atoms with van der Waals surface area (Å²) in [5.41, 5.74) is -1.90. The van der Waals surface area contributed by atoms with Gasteiger partial charge in [0, 0.05) is 25.2 Å². The van der Waals surface area contributed by atoms with Crippen LogP contribution in [0.2, 0.25) is 0 Å². The first-order valence-corrected chi connectivity index (χ1v) is 10.0. The predicted octanol–water partition coefficient (Wildman–Crippen LogP) is 4.66. The Kier molecular flexibility index (Phi) is 7.19. The molecule has 2 aromatic rings. The van der Waals surface area contributed by atoms with E-state index in [-0.39, 0.29) is 18.5 Å². The van der Waals surface area contributed by atoms with Crippen LogP contribution in [0, 0.1) is 0 Å². The normalized spacial score (nSPS) is 14.3. The van der Waals surface area contributed by atoms with E-state index >= 15 is 0 Å². The number of benzene rings is 2. The molecule has 0 aliphatic carbocycles. The first-order chi connectivity index (χ1) is 15.4. The number of carbonyl (C=O) groups is 2. The minimum atomic E-state index is -5.01. The quantitative estimate of drug-likeness (QED) is 0.620. The van der Waals surface area contributed by atoms with E-state index in [0.717, 1.165) is 12.8 Å². The van der Waals surface area contributed by atoms with Crippen molar-refractivity contribution in [2.75, 3.05) is 19.7 Å². The lowest BCUT2D eigenvalue weighted by Gasteiger charge is -2.15. The molecule has 0 radical (unpaired) electrons. The zero-order valence-corrected chi connectivity index (χ0v) is 17.2. The van der Waals surface area contributed by atoms with Crippen LogP contribution >= 0.6 is 0 Å². The zero-order valence-electron chi connectivity index (χ0n) is 17.2. The molecule has 3 rings (SSSR count). The van der Waals surface area contributed by atoms with Gasteiger partial charge in [-0.3, -0.25) is 9.59 Å². The second-order valence-corrected chi connectivity index (χ2v) is 7.50. The van der Waals surface area contributed by atoms with Crippen LogP contribution in [0.1, 0.15) is 39.9 Å². The third-order valence-corrected chi connectivity index (χ3v) is 5.01. The highest BCUT2D eigenvalue weighted by Gasteiger charge is 2.37. The molecule has 0 aromatic heterocycles. The van der Waals surface area contributed by atoms with Crippen molar-refractivity contribution in [3.63, 3.8) is 0 Å². The highest BCUT2D eigenvalue weighted by atomic mass is 19.4. The Balaban J connectivity index is 1.55. The van der Waals surface area contributed by atoms with E-state index in [0.29, 0.717) is 36.3 Å². The summed E-state index contributed by atoms with van der Waals surface area (Å²) in [6.07, 6.45) is -8.08. The Morgan fingerprint density at radius 1 is 0.879 bits per heavy atom. The maximum absolute atomic E-state index is 12.9. The second kappa shape index (κ2) is 9.72. The number of likely N-dealkylation sites (tertiary alicyclic amines) is 1. The highest BCUT2D eigenvalue weighted by molar-refractivity contribution is 5.94. The number of hydrogen-bond donors (Lipinski definition) is 1. The molecular weight excluding hydrogens is 454 g/mol. The van der Waals surface area contributed by atoms with Crippen LogP contribution in [0.3, 0.4) is 0 Å². The molecule has 5 nitrogen and oxygen atoms in total. The number of amides is 2. The largest absolute Gasteiger partial charge is 0.484 e. The monoisotopic (exact) mass is 474 g/mol. The van der Waals surface area contributed by atoms with E-state index in [1.807, 2.05) is 0 Å². The average molecular weight is 474 g/mol. The molecule has 1 heterocycles. The molecule has 1 aliphatic rings. The van der Waals surface area contributed by atoms with Crippen LogP contribution < -0.4 is 10.1 Å². The first-order valence-electron chi connectivity index (χ1n) is 10.0. The van der Waals surface area contributed by atoms with Gasteiger partial charge >= 0.3 is 12.4 Å². The minimum Gasteiger partial charge on any atom is -0.484 e. The van der Waals surface area contributed by atoms with Gasteiger partial charge in [-0.2, -0.15) is 26.3 Å². The molecule has 2 aromatic carbocycles. The van der Waals surface area contributed by atoms with Gasteiger partial charge in [0.1, 0.15) is 5.75 Å². The van der Waals surface area contributed by atoms with Crippen molar-refractivity contribution in [2.24, 2.45) is 0 Å². The summed E-state index contributed by atoms with van der Waals surface area (Å²) in [5, 5.41) is 2.46. The van der Waals surface area contributed by atoms with Crippen molar-refractivity contribution in [1.82, 2.24) is 10.2 Å². The summed E-state index contributed by atoms with van der Waals surface area (Å²) in [6.45, 7) is 0.695. The van der Waals surface area contributed by atoms with Crippen LogP contribution in [0.15, 0.2) is 42.5 Å². The number of ether oxygens (including phenoxy) is 1. The fourth-order valence-corrected chi connectivity index (χ4v) is 3.28. The molecule has 178 valence electrons. The Morgan fingerprint density at radius 2 is 1.42 bits per heavy atom. The van der Waals surface area contributed by atoms with E-state index in [9.17, 15) is 35.9 Å². The Morgan fingerprint density at radius 3 is 1.94 bits per heavy atom. The van der Waals surface area contributed by atoms with Crippen molar-refractivity contribution < 1.29 is 40.7 Å².